The van der Waals surface area contributed by atoms with Gasteiger partial charge < -0.3 is 4.74 Å². The van der Waals surface area contributed by atoms with E-state index in [9.17, 15) is 0 Å². The molecule has 0 bridgehead atoms. The first-order valence-corrected chi connectivity index (χ1v) is 6.56. The maximum atomic E-state index is 6.23. The van der Waals surface area contributed by atoms with Crippen molar-refractivity contribution in [3.63, 3.8) is 0 Å². The van der Waals surface area contributed by atoms with Crippen molar-refractivity contribution in [3.05, 3.63) is 24.3 Å². The fourth-order valence-corrected chi connectivity index (χ4v) is 4.11. The van der Waals surface area contributed by atoms with E-state index in [2.05, 4.69) is 27.0 Å². The highest BCUT2D eigenvalue weighted by molar-refractivity contribution is 5.40. The molecule has 2 aliphatic carbocycles. The molecule has 0 aromatic carbocycles. The molecular weight excluding hydrogens is 196 g/mol. The van der Waals surface area contributed by atoms with Gasteiger partial charge in [-0.25, -0.2) is 0 Å². The first-order chi connectivity index (χ1) is 7.52. The van der Waals surface area contributed by atoms with Gasteiger partial charge >= 0.3 is 0 Å². The first kappa shape index (κ1) is 10.6. The molecule has 0 radical (unpaired) electrons. The Labute approximate surface area is 98.6 Å². The lowest BCUT2D eigenvalue weighted by molar-refractivity contribution is 0.168. The molecule has 0 spiro atoms. The molecule has 1 heteroatoms. The molecule has 1 aliphatic heterocycles. The van der Waals surface area contributed by atoms with Crippen molar-refractivity contribution in [3.8, 4) is 0 Å². The number of epoxide rings is 1. The lowest BCUT2D eigenvalue weighted by Gasteiger charge is -2.20. The van der Waals surface area contributed by atoms with Gasteiger partial charge in [-0.15, -0.1) is 0 Å². The fraction of sp³-hybridized carbons (Fsp3) is 0.733. The summed E-state index contributed by atoms with van der Waals surface area (Å²) in [6.07, 6.45) is 6.10. The van der Waals surface area contributed by atoms with Crippen molar-refractivity contribution >= 4 is 0 Å². The maximum Gasteiger partial charge on any atom is 0.119 e. The van der Waals surface area contributed by atoms with Gasteiger partial charge in [-0.05, 0) is 56.4 Å². The lowest BCUT2D eigenvalue weighted by atomic mass is 9.81. The Morgan fingerprint density at radius 1 is 1.44 bits per heavy atom. The SMILES string of the molecule is C=C(C)[C@@H]1CC[C@H](C)[C@@]23CCC(=C)[C@]2(C1)O3. The molecular formula is C15H22O. The Bertz CT molecular complexity index is 370. The summed E-state index contributed by atoms with van der Waals surface area (Å²) in [7, 11) is 0. The minimum Gasteiger partial charge on any atom is -0.357 e. The molecule has 0 unspecified atom stereocenters. The Morgan fingerprint density at radius 2 is 2.19 bits per heavy atom. The molecule has 0 N–H and O–H groups in total. The van der Waals surface area contributed by atoms with Crippen LogP contribution >= 0.6 is 0 Å². The minimum atomic E-state index is 0.0481. The predicted octanol–water partition coefficient (Wildman–Crippen LogP) is 3.86. The van der Waals surface area contributed by atoms with Crippen molar-refractivity contribution in [2.75, 3.05) is 0 Å². The molecule has 4 atom stereocenters. The van der Waals surface area contributed by atoms with Gasteiger partial charge in [0.05, 0.1) is 0 Å². The Kier molecular flexibility index (Phi) is 1.99. The molecule has 3 aliphatic rings. The third-order valence-corrected chi connectivity index (χ3v) is 5.34. The van der Waals surface area contributed by atoms with Crippen molar-refractivity contribution in [2.24, 2.45) is 11.8 Å². The molecule has 3 rings (SSSR count). The van der Waals surface area contributed by atoms with Crippen molar-refractivity contribution in [1.29, 1.82) is 0 Å². The molecule has 1 saturated heterocycles. The van der Waals surface area contributed by atoms with E-state index in [0.717, 1.165) is 6.42 Å². The average molecular weight is 218 g/mol. The first-order valence-electron chi connectivity index (χ1n) is 6.56. The Hall–Kier alpha value is -0.560. The van der Waals surface area contributed by atoms with Crippen LogP contribution in [0.1, 0.15) is 46.0 Å². The smallest absolute Gasteiger partial charge is 0.119 e. The Morgan fingerprint density at radius 3 is 2.88 bits per heavy atom. The quantitative estimate of drug-likeness (QED) is 0.481. The topological polar surface area (TPSA) is 12.5 Å². The van der Waals surface area contributed by atoms with Crippen LogP contribution in [0.25, 0.3) is 0 Å². The van der Waals surface area contributed by atoms with Crippen molar-refractivity contribution < 1.29 is 4.74 Å². The minimum absolute atomic E-state index is 0.0481. The van der Waals surface area contributed by atoms with Crippen LogP contribution in [-0.4, -0.2) is 11.2 Å². The summed E-state index contributed by atoms with van der Waals surface area (Å²) in [6, 6.07) is 0. The fourth-order valence-electron chi connectivity index (χ4n) is 4.11. The zero-order valence-corrected chi connectivity index (χ0v) is 10.5. The standard InChI is InChI=1S/C15H22O/c1-10(2)13-6-5-11(3)14-8-7-12(4)15(14,9-13)16-14/h11,13H,1,4-9H2,2-3H3/t11-,13+,14-,15-/m0/s1. The molecule has 0 aromatic rings. The van der Waals surface area contributed by atoms with E-state index in [1.807, 2.05) is 0 Å². The third kappa shape index (κ3) is 1.05. The molecule has 1 heterocycles. The summed E-state index contributed by atoms with van der Waals surface area (Å²) in [5.74, 6) is 1.33. The van der Waals surface area contributed by atoms with Crippen molar-refractivity contribution in [2.45, 2.75) is 57.2 Å². The largest absolute Gasteiger partial charge is 0.357 e. The van der Waals surface area contributed by atoms with E-state index in [4.69, 9.17) is 4.74 Å². The summed E-state index contributed by atoms with van der Waals surface area (Å²) >= 11 is 0. The molecule has 88 valence electrons. The number of hydrogen-bond donors (Lipinski definition) is 0. The second-order valence-electron chi connectivity index (χ2n) is 6.15. The molecule has 0 amide bonds. The highest BCUT2D eigenvalue weighted by Gasteiger charge is 2.76. The average Bonchev–Trinajstić information content (AvgIpc) is 2.84. The summed E-state index contributed by atoms with van der Waals surface area (Å²) in [5.41, 5.74) is 2.90. The van der Waals surface area contributed by atoms with E-state index >= 15 is 0 Å². The van der Waals surface area contributed by atoms with Gasteiger partial charge in [-0.3, -0.25) is 0 Å². The van der Waals surface area contributed by atoms with Gasteiger partial charge in [0.15, 0.2) is 0 Å². The third-order valence-electron chi connectivity index (χ3n) is 5.34. The second-order valence-corrected chi connectivity index (χ2v) is 6.15. The molecule has 3 fully saturated rings. The monoisotopic (exact) mass is 218 g/mol. The molecule has 0 aromatic heterocycles. The van der Waals surface area contributed by atoms with Gasteiger partial charge in [0, 0.05) is 0 Å². The number of allylic oxidation sites excluding steroid dienone is 1. The number of ether oxygens (including phenoxy) is 1. The van der Waals surface area contributed by atoms with Gasteiger partial charge in [0.2, 0.25) is 0 Å². The van der Waals surface area contributed by atoms with Crippen LogP contribution in [0.15, 0.2) is 24.3 Å². The van der Waals surface area contributed by atoms with Crippen LogP contribution in [0, 0.1) is 11.8 Å². The van der Waals surface area contributed by atoms with E-state index in [-0.39, 0.29) is 11.2 Å². The van der Waals surface area contributed by atoms with Gasteiger partial charge in [-0.1, -0.05) is 25.7 Å². The van der Waals surface area contributed by atoms with Crippen LogP contribution in [-0.2, 0) is 4.74 Å². The van der Waals surface area contributed by atoms with Crippen LogP contribution in [0.4, 0.5) is 0 Å². The van der Waals surface area contributed by atoms with Gasteiger partial charge in [0.25, 0.3) is 0 Å². The number of rotatable bonds is 1. The van der Waals surface area contributed by atoms with E-state index in [1.165, 1.54) is 36.8 Å². The van der Waals surface area contributed by atoms with Gasteiger partial charge in [-0.2, -0.15) is 0 Å². The van der Waals surface area contributed by atoms with Crippen LogP contribution in [0.5, 0.6) is 0 Å². The van der Waals surface area contributed by atoms with E-state index in [0.29, 0.717) is 11.8 Å². The number of hydrogen-bond acceptors (Lipinski definition) is 1. The van der Waals surface area contributed by atoms with Gasteiger partial charge in [0.1, 0.15) is 11.2 Å². The van der Waals surface area contributed by atoms with E-state index in [1.54, 1.807) is 0 Å². The predicted molar refractivity (Wildman–Crippen MR) is 66.2 cm³/mol. The van der Waals surface area contributed by atoms with Crippen molar-refractivity contribution in [1.82, 2.24) is 0 Å². The maximum absolute atomic E-state index is 6.23. The molecule has 1 nitrogen and oxygen atoms in total. The van der Waals surface area contributed by atoms with Crippen LogP contribution < -0.4 is 0 Å². The molecule has 2 saturated carbocycles. The van der Waals surface area contributed by atoms with E-state index < -0.39 is 0 Å². The summed E-state index contributed by atoms with van der Waals surface area (Å²) < 4.78 is 6.23. The lowest BCUT2D eigenvalue weighted by Crippen LogP contribution is -2.26. The normalized spacial score (nSPS) is 50.5. The zero-order chi connectivity index (χ0) is 11.6. The summed E-state index contributed by atoms with van der Waals surface area (Å²) in [4.78, 5) is 0. The highest BCUT2D eigenvalue weighted by atomic mass is 16.6. The van der Waals surface area contributed by atoms with Crippen LogP contribution in [0.3, 0.4) is 0 Å². The highest BCUT2D eigenvalue weighted by Crippen LogP contribution is 2.70. The van der Waals surface area contributed by atoms with Crippen LogP contribution in [0.2, 0.25) is 0 Å². The second kappa shape index (κ2) is 3.01. The Balaban J connectivity index is 1.95. The summed E-state index contributed by atoms with van der Waals surface area (Å²) in [5, 5.41) is 0. The zero-order valence-electron chi connectivity index (χ0n) is 10.5. The molecule has 16 heavy (non-hydrogen) atoms. The summed E-state index contributed by atoms with van der Waals surface area (Å²) in [6.45, 7) is 12.9.